The van der Waals surface area contributed by atoms with Crippen LogP contribution < -0.4 is 8.27 Å². The summed E-state index contributed by atoms with van der Waals surface area (Å²) in [5.41, 5.74) is 5.75. The lowest BCUT2D eigenvalue weighted by Gasteiger charge is -2.09. The van der Waals surface area contributed by atoms with Crippen LogP contribution in [0, 0.1) is 0 Å². The molecule has 1 aromatic heterocycles. The molecule has 0 radical (unpaired) electrons. The molecule has 4 rings (SSSR count). The van der Waals surface area contributed by atoms with E-state index in [1.165, 1.54) is 5.56 Å². The molecular weight excluding hydrogens is 477 g/mol. The number of nitrogens with one attached hydrogen (secondary N) is 1. The summed E-state index contributed by atoms with van der Waals surface area (Å²) >= 11 is 1.84. The summed E-state index contributed by atoms with van der Waals surface area (Å²) in [6.07, 6.45) is 2.80. The topological polar surface area (TPSA) is 56.2 Å². The second-order valence-electron chi connectivity index (χ2n) is 6.69. The number of aromatic nitrogens is 2. The van der Waals surface area contributed by atoms with Crippen LogP contribution in [0.15, 0.2) is 73.1 Å². The fraction of sp³-hybridized carbons (Fsp3) is 0.130. The number of hydrogen-bond acceptors (Lipinski definition) is 3. The van der Waals surface area contributed by atoms with Crippen LogP contribution in [0.2, 0.25) is 0 Å². The Morgan fingerprint density at radius 3 is 2.45 bits per heavy atom. The van der Waals surface area contributed by atoms with E-state index < -0.39 is 0 Å². The molecule has 146 valence electrons. The van der Waals surface area contributed by atoms with Crippen molar-refractivity contribution in [2.24, 2.45) is 0 Å². The van der Waals surface area contributed by atoms with Gasteiger partial charge in [0.25, 0.3) is 5.91 Å². The Morgan fingerprint density at radius 2 is 1.76 bits per heavy atom. The number of nitrogens with zero attached hydrogens (tertiary/aromatic N) is 2. The van der Waals surface area contributed by atoms with Crippen LogP contribution in [0.5, 0.6) is 5.75 Å². The smallest absolute Gasteiger partial charge is 0.259 e. The largest absolute Gasteiger partial charge is 0.489 e. The number of amides is 1. The van der Waals surface area contributed by atoms with Gasteiger partial charge < -0.3 is 4.74 Å². The molecule has 0 bridgehead atoms. The third kappa shape index (κ3) is 4.27. The van der Waals surface area contributed by atoms with E-state index in [2.05, 4.69) is 39.7 Å². The molecule has 0 fully saturated rings. The first-order valence-corrected chi connectivity index (χ1v) is 10.4. The highest BCUT2D eigenvalue weighted by Crippen LogP contribution is 2.22. The molecule has 5 nitrogen and oxygen atoms in total. The molecule has 3 aromatic carbocycles. The van der Waals surface area contributed by atoms with Gasteiger partial charge in [0, 0.05) is 11.3 Å². The zero-order valence-corrected chi connectivity index (χ0v) is 18.1. The lowest BCUT2D eigenvalue weighted by molar-refractivity contribution is 0.0990. The van der Waals surface area contributed by atoms with Gasteiger partial charge in [-0.25, -0.2) is 4.98 Å². The molecule has 0 saturated heterocycles. The highest BCUT2D eigenvalue weighted by molar-refractivity contribution is 14.1. The molecule has 0 unspecified atom stereocenters. The third-order valence-corrected chi connectivity index (χ3v) is 5.34. The Hall–Kier alpha value is -2.87. The predicted molar refractivity (Wildman–Crippen MR) is 123 cm³/mol. The molecule has 0 aliphatic carbocycles. The Balaban J connectivity index is 1.52. The van der Waals surface area contributed by atoms with Crippen molar-refractivity contribution in [3.05, 3.63) is 89.7 Å². The van der Waals surface area contributed by atoms with Crippen LogP contribution in [0.4, 0.5) is 0 Å². The van der Waals surface area contributed by atoms with Crippen molar-refractivity contribution in [2.45, 2.75) is 20.0 Å². The molecule has 4 aromatic rings. The minimum Gasteiger partial charge on any atom is -0.489 e. The van der Waals surface area contributed by atoms with Gasteiger partial charge >= 0.3 is 0 Å². The quantitative estimate of drug-likeness (QED) is 0.293. The van der Waals surface area contributed by atoms with E-state index in [9.17, 15) is 4.79 Å². The zero-order chi connectivity index (χ0) is 20.2. The molecule has 0 aliphatic heterocycles. The maximum absolute atomic E-state index is 11.9. The van der Waals surface area contributed by atoms with E-state index in [-0.39, 0.29) is 5.91 Å². The van der Waals surface area contributed by atoms with Crippen molar-refractivity contribution in [3.8, 4) is 11.4 Å². The van der Waals surface area contributed by atoms with E-state index in [1.54, 1.807) is 12.4 Å². The maximum atomic E-state index is 11.9. The van der Waals surface area contributed by atoms with E-state index in [4.69, 9.17) is 4.74 Å². The van der Waals surface area contributed by atoms with Crippen LogP contribution in [-0.2, 0) is 13.0 Å². The van der Waals surface area contributed by atoms with Crippen molar-refractivity contribution in [1.29, 1.82) is 0 Å². The number of ether oxygens (including phenoxy) is 1. The fourth-order valence-corrected chi connectivity index (χ4v) is 3.46. The molecular formula is C23H20IN3O2. The number of aryl methyl sites for hydroxylation is 1. The molecule has 1 heterocycles. The van der Waals surface area contributed by atoms with E-state index in [0.717, 1.165) is 34.5 Å². The first-order valence-electron chi connectivity index (χ1n) is 9.37. The van der Waals surface area contributed by atoms with Gasteiger partial charge in [0.05, 0.1) is 33.9 Å². The van der Waals surface area contributed by atoms with E-state index in [1.807, 2.05) is 63.8 Å². The lowest BCUT2D eigenvalue weighted by Crippen LogP contribution is -2.11. The van der Waals surface area contributed by atoms with Crippen molar-refractivity contribution in [1.82, 2.24) is 13.1 Å². The van der Waals surface area contributed by atoms with Gasteiger partial charge in [0.15, 0.2) is 0 Å². The van der Waals surface area contributed by atoms with Gasteiger partial charge in [0.1, 0.15) is 18.7 Å². The normalized spacial score (nSPS) is 10.8. The molecule has 0 atom stereocenters. The Labute approximate surface area is 183 Å². The highest BCUT2D eigenvalue weighted by atomic mass is 127. The first kappa shape index (κ1) is 19.4. The molecule has 6 heteroatoms. The second kappa shape index (κ2) is 8.65. The van der Waals surface area contributed by atoms with Crippen molar-refractivity contribution < 1.29 is 9.53 Å². The van der Waals surface area contributed by atoms with Gasteiger partial charge in [-0.15, -0.1) is 0 Å². The number of halogens is 1. The number of imidazole rings is 1. The number of fused-ring (bicyclic) bond motifs is 1. The molecule has 1 N–H and O–H groups in total. The van der Waals surface area contributed by atoms with E-state index >= 15 is 0 Å². The summed E-state index contributed by atoms with van der Waals surface area (Å²) in [6, 6.07) is 21.8. The van der Waals surface area contributed by atoms with Crippen molar-refractivity contribution in [2.75, 3.05) is 0 Å². The lowest BCUT2D eigenvalue weighted by atomic mass is 10.1. The molecule has 1 amide bonds. The second-order valence-corrected chi connectivity index (χ2v) is 7.23. The summed E-state index contributed by atoms with van der Waals surface area (Å²) in [5.74, 6) is 0.679. The van der Waals surface area contributed by atoms with Gasteiger partial charge in [-0.05, 0) is 60.0 Å². The standard InChI is InChI=1S/C23H20IN3O2/c1-2-16-3-5-17(6-4-16)14-29-20-10-8-19(9-11-20)27-15-25-21-12-7-18(13-22(21)27)23(28)26-24/h3-13,15H,2,14H2,1H3,(H,26,28). The number of hydrogen-bond donors (Lipinski definition) is 1. The zero-order valence-electron chi connectivity index (χ0n) is 15.9. The average molecular weight is 497 g/mol. The highest BCUT2D eigenvalue weighted by Gasteiger charge is 2.10. The number of benzene rings is 3. The minimum atomic E-state index is -0.129. The maximum Gasteiger partial charge on any atom is 0.259 e. The van der Waals surface area contributed by atoms with Gasteiger partial charge in [-0.3, -0.25) is 12.9 Å². The van der Waals surface area contributed by atoms with Crippen molar-refractivity contribution in [3.63, 3.8) is 0 Å². The number of rotatable bonds is 6. The van der Waals surface area contributed by atoms with Crippen LogP contribution in [0.1, 0.15) is 28.4 Å². The summed E-state index contributed by atoms with van der Waals surface area (Å²) in [5, 5.41) is 0. The number of carbonyl (C=O) groups is 1. The average Bonchev–Trinajstić information content (AvgIpc) is 3.21. The Kier molecular flexibility index (Phi) is 5.80. The van der Waals surface area contributed by atoms with Crippen molar-refractivity contribution >= 4 is 39.8 Å². The summed E-state index contributed by atoms with van der Waals surface area (Å²) in [7, 11) is 0. The van der Waals surface area contributed by atoms with Crippen LogP contribution in [-0.4, -0.2) is 15.5 Å². The first-order chi connectivity index (χ1) is 14.2. The van der Waals surface area contributed by atoms with E-state index in [0.29, 0.717) is 12.2 Å². The van der Waals surface area contributed by atoms with Gasteiger partial charge in [-0.2, -0.15) is 0 Å². The minimum absolute atomic E-state index is 0.129. The van der Waals surface area contributed by atoms with Gasteiger partial charge in [0.2, 0.25) is 0 Å². The summed E-state index contributed by atoms with van der Waals surface area (Å²) in [6.45, 7) is 2.68. The van der Waals surface area contributed by atoms with Crippen LogP contribution >= 0.6 is 22.9 Å². The molecule has 0 spiro atoms. The molecule has 0 aliphatic rings. The van der Waals surface area contributed by atoms with Crippen LogP contribution in [0.25, 0.3) is 16.7 Å². The molecule has 0 saturated carbocycles. The predicted octanol–water partition coefficient (Wildman–Crippen LogP) is 5.25. The summed E-state index contributed by atoms with van der Waals surface area (Å²) < 4.78 is 10.5. The Bertz CT molecular complexity index is 1140. The monoisotopic (exact) mass is 497 g/mol. The Morgan fingerprint density at radius 1 is 1.03 bits per heavy atom. The van der Waals surface area contributed by atoms with Crippen LogP contribution in [0.3, 0.4) is 0 Å². The SMILES string of the molecule is CCc1ccc(COc2ccc(-n3cnc4ccc(C(=O)NI)cc43)cc2)cc1. The fourth-order valence-electron chi connectivity index (χ4n) is 3.15. The third-order valence-electron chi connectivity index (χ3n) is 4.85. The molecule has 29 heavy (non-hydrogen) atoms. The number of carbonyl (C=O) groups excluding carboxylic acids is 1. The summed E-state index contributed by atoms with van der Waals surface area (Å²) in [4.78, 5) is 16.4. The van der Waals surface area contributed by atoms with Gasteiger partial charge in [-0.1, -0.05) is 31.2 Å².